The lowest BCUT2D eigenvalue weighted by Gasteiger charge is -2.14. The number of fused-ring (bicyclic) bond motifs is 1. The lowest BCUT2D eigenvalue weighted by molar-refractivity contribution is 0.133. The van der Waals surface area contributed by atoms with Gasteiger partial charge < -0.3 is 10.1 Å². The largest absolute Gasteiger partial charge is 0.370 e. The summed E-state index contributed by atoms with van der Waals surface area (Å²) in [7, 11) is 0. The van der Waals surface area contributed by atoms with Crippen LogP contribution >= 0.6 is 0 Å². The average Bonchev–Trinajstić information content (AvgIpc) is 2.86. The number of rotatable bonds is 3. The summed E-state index contributed by atoms with van der Waals surface area (Å²) in [4.78, 5) is 8.64. The minimum Gasteiger partial charge on any atom is -0.370 e. The zero-order valence-electron chi connectivity index (χ0n) is 10.6. The van der Waals surface area contributed by atoms with Crippen LogP contribution in [0.1, 0.15) is 29.8 Å². The Labute approximate surface area is 110 Å². The number of nitrogens with one attached hydrogen (secondary N) is 1. The average molecular weight is 259 g/mol. The molecule has 0 radical (unpaired) electrons. The number of nitrogens with zero attached hydrogens (tertiary/aromatic N) is 2. The molecule has 19 heavy (non-hydrogen) atoms. The molecule has 0 saturated heterocycles. The third kappa shape index (κ3) is 2.56. The summed E-state index contributed by atoms with van der Waals surface area (Å²) in [5.41, 5.74) is 2.81. The molecule has 1 aliphatic heterocycles. The van der Waals surface area contributed by atoms with Gasteiger partial charge in [0.1, 0.15) is 5.82 Å². The molecule has 0 fully saturated rings. The normalized spacial score (nSPS) is 15.1. The lowest BCUT2D eigenvalue weighted by atomic mass is 10.1. The van der Waals surface area contributed by atoms with E-state index in [-0.39, 0.29) is 11.9 Å². The Morgan fingerprint density at radius 1 is 1.37 bits per heavy atom. The van der Waals surface area contributed by atoms with Crippen molar-refractivity contribution in [1.29, 1.82) is 0 Å². The molecule has 1 atom stereocenters. The molecule has 98 valence electrons. The van der Waals surface area contributed by atoms with Crippen LogP contribution in [0.25, 0.3) is 0 Å². The highest BCUT2D eigenvalue weighted by atomic mass is 19.1. The predicted molar refractivity (Wildman–Crippen MR) is 69.0 cm³/mol. The van der Waals surface area contributed by atoms with Crippen molar-refractivity contribution in [1.82, 2.24) is 9.97 Å². The van der Waals surface area contributed by atoms with Crippen LogP contribution in [0.15, 0.2) is 30.5 Å². The summed E-state index contributed by atoms with van der Waals surface area (Å²) >= 11 is 0. The molecule has 1 aromatic carbocycles. The van der Waals surface area contributed by atoms with E-state index in [1.54, 1.807) is 12.3 Å². The molecule has 0 aliphatic carbocycles. The van der Waals surface area contributed by atoms with Crippen LogP contribution in [-0.2, 0) is 18.0 Å². The van der Waals surface area contributed by atoms with Gasteiger partial charge in [0.15, 0.2) is 0 Å². The molecule has 3 rings (SSSR count). The van der Waals surface area contributed by atoms with E-state index in [2.05, 4.69) is 15.3 Å². The first-order valence-corrected chi connectivity index (χ1v) is 6.17. The fourth-order valence-corrected chi connectivity index (χ4v) is 2.07. The van der Waals surface area contributed by atoms with Crippen molar-refractivity contribution < 1.29 is 9.13 Å². The summed E-state index contributed by atoms with van der Waals surface area (Å²) in [6, 6.07) is 6.45. The van der Waals surface area contributed by atoms with Gasteiger partial charge in [0, 0.05) is 11.8 Å². The van der Waals surface area contributed by atoms with Crippen LogP contribution in [0.4, 0.5) is 10.3 Å². The molecular weight excluding hydrogens is 245 g/mol. The van der Waals surface area contributed by atoms with E-state index < -0.39 is 0 Å². The molecule has 2 aromatic rings. The van der Waals surface area contributed by atoms with Crippen LogP contribution < -0.4 is 5.32 Å². The molecule has 1 unspecified atom stereocenters. The monoisotopic (exact) mass is 259 g/mol. The van der Waals surface area contributed by atoms with E-state index in [1.807, 2.05) is 13.0 Å². The Morgan fingerprint density at radius 3 is 3.11 bits per heavy atom. The van der Waals surface area contributed by atoms with E-state index in [0.717, 1.165) is 16.8 Å². The Balaban J connectivity index is 1.77. The first kappa shape index (κ1) is 12.0. The van der Waals surface area contributed by atoms with Crippen molar-refractivity contribution in [2.45, 2.75) is 26.2 Å². The van der Waals surface area contributed by atoms with Crippen molar-refractivity contribution >= 4 is 5.95 Å². The molecule has 1 aliphatic rings. The van der Waals surface area contributed by atoms with Gasteiger partial charge in [-0.25, -0.2) is 14.4 Å². The fraction of sp³-hybridized carbons (Fsp3) is 0.286. The van der Waals surface area contributed by atoms with Gasteiger partial charge in [0.25, 0.3) is 0 Å². The Morgan fingerprint density at radius 2 is 2.26 bits per heavy atom. The topological polar surface area (TPSA) is 47.0 Å². The van der Waals surface area contributed by atoms with Crippen molar-refractivity contribution in [2.75, 3.05) is 5.32 Å². The van der Waals surface area contributed by atoms with Gasteiger partial charge in [-0.15, -0.1) is 0 Å². The molecule has 1 aromatic heterocycles. The van der Waals surface area contributed by atoms with E-state index in [4.69, 9.17) is 4.74 Å². The number of anilines is 1. The number of halogens is 1. The van der Waals surface area contributed by atoms with Gasteiger partial charge in [-0.2, -0.15) is 0 Å². The van der Waals surface area contributed by atoms with E-state index >= 15 is 0 Å². The lowest BCUT2D eigenvalue weighted by Crippen LogP contribution is -2.10. The predicted octanol–water partition coefficient (Wildman–Crippen LogP) is 2.82. The number of hydrogen-bond donors (Lipinski definition) is 1. The van der Waals surface area contributed by atoms with Crippen LogP contribution in [-0.4, -0.2) is 9.97 Å². The summed E-state index contributed by atoms with van der Waals surface area (Å²) < 4.78 is 18.5. The second kappa shape index (κ2) is 4.93. The zero-order chi connectivity index (χ0) is 13.2. The van der Waals surface area contributed by atoms with Crippen LogP contribution in [0.5, 0.6) is 0 Å². The molecule has 0 bridgehead atoms. The second-order valence-electron chi connectivity index (χ2n) is 4.58. The van der Waals surface area contributed by atoms with Crippen LogP contribution in [0, 0.1) is 5.82 Å². The number of ether oxygens (including phenoxy) is 1. The SMILES string of the molecule is CC(Nc1ncc2c(n1)COC2)c1cccc(F)c1. The summed E-state index contributed by atoms with van der Waals surface area (Å²) in [5, 5.41) is 3.17. The standard InChI is InChI=1S/C14H14FN3O/c1-9(10-3-2-4-12(15)5-10)17-14-16-6-11-7-19-8-13(11)18-14/h2-6,9H,7-8H2,1H3,(H,16,17,18). The molecule has 2 heterocycles. The maximum absolute atomic E-state index is 13.2. The van der Waals surface area contributed by atoms with Crippen molar-refractivity contribution in [3.05, 3.63) is 53.1 Å². The second-order valence-corrected chi connectivity index (χ2v) is 4.58. The van der Waals surface area contributed by atoms with Gasteiger partial charge in [-0.1, -0.05) is 12.1 Å². The van der Waals surface area contributed by atoms with Gasteiger partial charge in [-0.05, 0) is 24.6 Å². The Bertz CT molecular complexity index is 603. The van der Waals surface area contributed by atoms with Gasteiger partial charge in [0.05, 0.1) is 24.9 Å². The number of hydrogen-bond acceptors (Lipinski definition) is 4. The van der Waals surface area contributed by atoms with E-state index in [0.29, 0.717) is 19.2 Å². The Hall–Kier alpha value is -2.01. The van der Waals surface area contributed by atoms with Crippen LogP contribution in [0.2, 0.25) is 0 Å². The summed E-state index contributed by atoms with van der Waals surface area (Å²) in [6.45, 7) is 3.05. The third-order valence-electron chi connectivity index (χ3n) is 3.14. The highest BCUT2D eigenvalue weighted by Crippen LogP contribution is 2.21. The van der Waals surface area contributed by atoms with Crippen molar-refractivity contribution in [3.8, 4) is 0 Å². The first-order chi connectivity index (χ1) is 9.22. The maximum Gasteiger partial charge on any atom is 0.223 e. The fourth-order valence-electron chi connectivity index (χ4n) is 2.07. The number of benzene rings is 1. The highest BCUT2D eigenvalue weighted by Gasteiger charge is 2.15. The first-order valence-electron chi connectivity index (χ1n) is 6.17. The quantitative estimate of drug-likeness (QED) is 0.920. The molecule has 0 spiro atoms. The maximum atomic E-state index is 13.2. The van der Waals surface area contributed by atoms with Gasteiger partial charge in [-0.3, -0.25) is 0 Å². The van der Waals surface area contributed by atoms with Gasteiger partial charge in [0.2, 0.25) is 5.95 Å². The molecule has 4 nitrogen and oxygen atoms in total. The Kier molecular flexibility index (Phi) is 3.13. The molecule has 1 N–H and O–H groups in total. The molecule has 5 heteroatoms. The minimum absolute atomic E-state index is 0.0592. The molecule has 0 amide bonds. The highest BCUT2D eigenvalue weighted by molar-refractivity contribution is 5.34. The smallest absolute Gasteiger partial charge is 0.223 e. The van der Waals surface area contributed by atoms with Crippen molar-refractivity contribution in [3.63, 3.8) is 0 Å². The van der Waals surface area contributed by atoms with Crippen LogP contribution in [0.3, 0.4) is 0 Å². The summed E-state index contributed by atoms with van der Waals surface area (Å²) in [5.74, 6) is 0.301. The van der Waals surface area contributed by atoms with E-state index in [1.165, 1.54) is 12.1 Å². The third-order valence-corrected chi connectivity index (χ3v) is 3.14. The minimum atomic E-state index is -0.241. The van der Waals surface area contributed by atoms with E-state index in [9.17, 15) is 4.39 Å². The van der Waals surface area contributed by atoms with Crippen molar-refractivity contribution in [2.24, 2.45) is 0 Å². The molecular formula is C14H14FN3O. The molecule has 0 saturated carbocycles. The summed E-state index contributed by atoms with van der Waals surface area (Å²) in [6.07, 6.45) is 1.77. The zero-order valence-corrected chi connectivity index (χ0v) is 10.6. The number of aromatic nitrogens is 2. The van der Waals surface area contributed by atoms with Gasteiger partial charge >= 0.3 is 0 Å².